The molecule has 0 aromatic rings. The van der Waals surface area contributed by atoms with Gasteiger partial charge in [0.2, 0.25) is 0 Å². The fourth-order valence-electron chi connectivity index (χ4n) is 1.75. The summed E-state index contributed by atoms with van der Waals surface area (Å²) in [7, 11) is 2.63. The van der Waals surface area contributed by atoms with Crippen LogP contribution in [0, 0.1) is 0 Å². The molecule has 0 rings (SSSR count). The molecule has 0 aliphatic carbocycles. The van der Waals surface area contributed by atoms with Crippen LogP contribution in [0.2, 0.25) is 0 Å². The number of carbonyl (C=O) groups excluding carboxylic acids is 2. The lowest BCUT2D eigenvalue weighted by atomic mass is 10.0. The first-order valence-corrected chi connectivity index (χ1v) is 6.44. The molecule has 0 bridgehead atoms. The number of unbranched alkanes of at least 4 members (excludes halogenated alkanes) is 4. The summed E-state index contributed by atoms with van der Waals surface area (Å²) < 4.78 is 9.33. The van der Waals surface area contributed by atoms with Crippen molar-refractivity contribution in [3.05, 3.63) is 11.1 Å². The summed E-state index contributed by atoms with van der Waals surface area (Å²) in [6.07, 6.45) is 6.05. The van der Waals surface area contributed by atoms with Crippen LogP contribution in [0.25, 0.3) is 0 Å². The van der Waals surface area contributed by atoms with Crippen LogP contribution < -0.4 is 0 Å². The highest BCUT2D eigenvalue weighted by molar-refractivity contribution is 5.99. The molecule has 0 N–H and O–H groups in total. The summed E-state index contributed by atoms with van der Waals surface area (Å²) in [5.74, 6) is -0.905. The monoisotopic (exact) mass is 256 g/mol. The predicted octanol–water partition coefficient (Wildman–Crippen LogP) is 3.01. The largest absolute Gasteiger partial charge is 0.466 e. The summed E-state index contributed by atoms with van der Waals surface area (Å²) >= 11 is 0. The second-order valence-electron chi connectivity index (χ2n) is 4.25. The van der Waals surface area contributed by atoms with Gasteiger partial charge in [-0.2, -0.15) is 0 Å². The molecule has 0 aromatic carbocycles. The third-order valence-corrected chi connectivity index (χ3v) is 2.91. The van der Waals surface area contributed by atoms with Crippen molar-refractivity contribution in [1.29, 1.82) is 0 Å². The quantitative estimate of drug-likeness (QED) is 0.380. The highest BCUT2D eigenvalue weighted by atomic mass is 16.5. The van der Waals surface area contributed by atoms with E-state index in [9.17, 15) is 9.59 Å². The van der Waals surface area contributed by atoms with Gasteiger partial charge in [-0.25, -0.2) is 9.59 Å². The van der Waals surface area contributed by atoms with Gasteiger partial charge in [-0.1, -0.05) is 32.6 Å². The van der Waals surface area contributed by atoms with Gasteiger partial charge >= 0.3 is 11.9 Å². The van der Waals surface area contributed by atoms with Gasteiger partial charge < -0.3 is 9.47 Å². The van der Waals surface area contributed by atoms with Gasteiger partial charge in [-0.3, -0.25) is 0 Å². The Morgan fingerprint density at radius 2 is 1.44 bits per heavy atom. The molecule has 0 spiro atoms. The number of esters is 2. The van der Waals surface area contributed by atoms with Gasteiger partial charge in [0.15, 0.2) is 0 Å². The normalized spacial score (nSPS) is 11.8. The molecule has 104 valence electrons. The van der Waals surface area contributed by atoms with Crippen LogP contribution >= 0.6 is 0 Å². The van der Waals surface area contributed by atoms with E-state index in [4.69, 9.17) is 4.74 Å². The first kappa shape index (κ1) is 16.7. The van der Waals surface area contributed by atoms with Gasteiger partial charge in [0.05, 0.1) is 14.2 Å². The van der Waals surface area contributed by atoms with Gasteiger partial charge in [-0.15, -0.1) is 0 Å². The maximum absolute atomic E-state index is 11.6. The Morgan fingerprint density at radius 3 is 1.94 bits per heavy atom. The van der Waals surface area contributed by atoms with Crippen LogP contribution in [0.4, 0.5) is 0 Å². The highest BCUT2D eigenvalue weighted by Gasteiger charge is 2.18. The fraction of sp³-hybridized carbons (Fsp3) is 0.714. The number of carbonyl (C=O) groups is 2. The van der Waals surface area contributed by atoms with Gasteiger partial charge in [-0.05, 0) is 19.8 Å². The predicted molar refractivity (Wildman–Crippen MR) is 70.1 cm³/mol. The zero-order valence-electron chi connectivity index (χ0n) is 11.9. The Labute approximate surface area is 109 Å². The summed E-state index contributed by atoms with van der Waals surface area (Å²) in [6.45, 7) is 3.76. The maximum atomic E-state index is 11.6. The van der Waals surface area contributed by atoms with Crippen molar-refractivity contribution in [3.8, 4) is 0 Å². The molecule has 0 atom stereocenters. The molecular formula is C14H24O4. The van der Waals surface area contributed by atoms with Gasteiger partial charge in [0, 0.05) is 11.1 Å². The number of hydrogen-bond acceptors (Lipinski definition) is 4. The molecule has 18 heavy (non-hydrogen) atoms. The molecule has 0 aliphatic heterocycles. The van der Waals surface area contributed by atoms with E-state index in [0.29, 0.717) is 17.6 Å². The van der Waals surface area contributed by atoms with E-state index in [1.54, 1.807) is 6.92 Å². The first-order chi connectivity index (χ1) is 8.58. The Balaban J connectivity index is 4.51. The van der Waals surface area contributed by atoms with E-state index in [1.165, 1.54) is 27.1 Å². The lowest BCUT2D eigenvalue weighted by molar-refractivity contribution is -0.139. The third-order valence-electron chi connectivity index (χ3n) is 2.91. The van der Waals surface area contributed by atoms with Crippen molar-refractivity contribution in [1.82, 2.24) is 0 Å². The van der Waals surface area contributed by atoms with Crippen LogP contribution in [0.1, 0.15) is 52.4 Å². The lowest BCUT2D eigenvalue weighted by Crippen LogP contribution is -2.13. The minimum absolute atomic E-state index is 0.347. The maximum Gasteiger partial charge on any atom is 0.334 e. The van der Waals surface area contributed by atoms with Crippen LogP contribution in [-0.2, 0) is 19.1 Å². The molecule has 4 heteroatoms. The fourth-order valence-corrected chi connectivity index (χ4v) is 1.75. The molecule has 0 heterocycles. The summed E-state index contributed by atoms with van der Waals surface area (Å²) in [4.78, 5) is 23.0. The SMILES string of the molecule is CCCCCCC/C(C(=O)OC)=C(\C)C(=O)OC. The first-order valence-electron chi connectivity index (χ1n) is 6.44. The van der Waals surface area contributed by atoms with Crippen molar-refractivity contribution < 1.29 is 19.1 Å². The van der Waals surface area contributed by atoms with Crippen molar-refractivity contribution in [2.24, 2.45) is 0 Å². The lowest BCUT2D eigenvalue weighted by Gasteiger charge is -2.09. The molecule has 0 aliphatic rings. The Morgan fingerprint density at radius 1 is 0.889 bits per heavy atom. The van der Waals surface area contributed by atoms with E-state index in [1.807, 2.05) is 0 Å². The van der Waals surface area contributed by atoms with Crippen molar-refractivity contribution >= 4 is 11.9 Å². The summed E-state index contributed by atoms with van der Waals surface area (Å²) in [5, 5.41) is 0. The molecule has 0 saturated heterocycles. The zero-order chi connectivity index (χ0) is 14.0. The number of methoxy groups -OCH3 is 2. The second kappa shape index (κ2) is 9.68. The smallest absolute Gasteiger partial charge is 0.334 e. The van der Waals surface area contributed by atoms with Crippen LogP contribution in [0.5, 0.6) is 0 Å². The van der Waals surface area contributed by atoms with Gasteiger partial charge in [0.1, 0.15) is 0 Å². The number of rotatable bonds is 8. The highest BCUT2D eigenvalue weighted by Crippen LogP contribution is 2.17. The van der Waals surface area contributed by atoms with Crippen molar-refractivity contribution in [3.63, 3.8) is 0 Å². The molecule has 4 nitrogen and oxygen atoms in total. The van der Waals surface area contributed by atoms with E-state index in [0.717, 1.165) is 19.3 Å². The molecule has 0 amide bonds. The molecule has 0 fully saturated rings. The topological polar surface area (TPSA) is 52.6 Å². The second-order valence-corrected chi connectivity index (χ2v) is 4.25. The summed E-state index contributed by atoms with van der Waals surface area (Å²) in [6, 6.07) is 0. The third kappa shape index (κ3) is 5.84. The minimum atomic E-state index is -0.469. The molecule has 0 saturated carbocycles. The van der Waals surface area contributed by atoms with Crippen molar-refractivity contribution in [2.45, 2.75) is 52.4 Å². The standard InChI is InChI=1S/C14H24O4/c1-5-6-7-8-9-10-12(14(16)18-4)11(2)13(15)17-3/h5-10H2,1-4H3/b12-11-. The minimum Gasteiger partial charge on any atom is -0.466 e. The molecule has 0 radical (unpaired) electrons. The Kier molecular flexibility index (Phi) is 8.97. The molecule has 0 aromatic heterocycles. The van der Waals surface area contributed by atoms with E-state index >= 15 is 0 Å². The van der Waals surface area contributed by atoms with Crippen LogP contribution in [0.15, 0.2) is 11.1 Å². The van der Waals surface area contributed by atoms with Crippen molar-refractivity contribution in [2.75, 3.05) is 14.2 Å². The number of hydrogen-bond donors (Lipinski definition) is 0. The zero-order valence-corrected chi connectivity index (χ0v) is 11.9. The van der Waals surface area contributed by atoms with E-state index in [2.05, 4.69) is 11.7 Å². The molecular weight excluding hydrogens is 232 g/mol. The number of ether oxygens (including phenoxy) is 2. The Hall–Kier alpha value is -1.32. The Bertz CT molecular complexity index is 305. The van der Waals surface area contributed by atoms with Crippen LogP contribution in [-0.4, -0.2) is 26.2 Å². The van der Waals surface area contributed by atoms with Crippen LogP contribution in [0.3, 0.4) is 0 Å². The average Bonchev–Trinajstić information content (AvgIpc) is 2.40. The van der Waals surface area contributed by atoms with Gasteiger partial charge in [0.25, 0.3) is 0 Å². The summed E-state index contributed by atoms with van der Waals surface area (Å²) in [5.41, 5.74) is 0.778. The molecule has 0 unspecified atom stereocenters. The van der Waals surface area contributed by atoms with E-state index in [-0.39, 0.29) is 0 Å². The van der Waals surface area contributed by atoms with E-state index < -0.39 is 11.9 Å². The average molecular weight is 256 g/mol.